The Morgan fingerprint density at radius 2 is 2.17 bits per heavy atom. The zero-order valence-electron chi connectivity index (χ0n) is 13.3. The maximum absolute atomic E-state index is 11.9. The van der Waals surface area contributed by atoms with E-state index in [0.29, 0.717) is 28.8 Å². The summed E-state index contributed by atoms with van der Waals surface area (Å²) >= 11 is 1.19. The molecule has 0 radical (unpaired) electrons. The van der Waals surface area contributed by atoms with E-state index in [9.17, 15) is 14.4 Å². The Morgan fingerprint density at radius 1 is 1.38 bits per heavy atom. The van der Waals surface area contributed by atoms with Crippen LogP contribution in [0.4, 0.5) is 5.13 Å². The molecule has 2 aromatic heterocycles. The molecule has 0 aliphatic rings. The maximum atomic E-state index is 11.9. The first kappa shape index (κ1) is 17.7. The van der Waals surface area contributed by atoms with Gasteiger partial charge in [0.05, 0.1) is 37.1 Å². The van der Waals surface area contributed by atoms with Gasteiger partial charge in [0.25, 0.3) is 5.91 Å². The van der Waals surface area contributed by atoms with E-state index in [-0.39, 0.29) is 18.9 Å². The van der Waals surface area contributed by atoms with Crippen molar-refractivity contribution in [1.29, 1.82) is 0 Å². The van der Waals surface area contributed by atoms with E-state index >= 15 is 0 Å². The quantitative estimate of drug-likeness (QED) is 0.732. The van der Waals surface area contributed by atoms with Crippen LogP contribution in [-0.2, 0) is 20.7 Å². The highest BCUT2D eigenvalue weighted by atomic mass is 32.1. The van der Waals surface area contributed by atoms with Gasteiger partial charge in [-0.05, 0) is 19.9 Å². The van der Waals surface area contributed by atoms with E-state index in [1.807, 2.05) is 0 Å². The fourth-order valence-electron chi connectivity index (χ4n) is 1.85. The van der Waals surface area contributed by atoms with Crippen molar-refractivity contribution in [2.24, 2.45) is 0 Å². The summed E-state index contributed by atoms with van der Waals surface area (Å²) < 4.78 is 9.86. The molecule has 2 heterocycles. The lowest BCUT2D eigenvalue weighted by molar-refractivity contribution is -0.142. The summed E-state index contributed by atoms with van der Waals surface area (Å²) in [6, 6.07) is 1.53. The minimum Gasteiger partial charge on any atom is -0.469 e. The number of nitrogens with zero attached hydrogens (tertiary/aromatic N) is 1. The zero-order valence-corrected chi connectivity index (χ0v) is 14.1. The molecule has 8 nitrogen and oxygen atoms in total. The van der Waals surface area contributed by atoms with Crippen molar-refractivity contribution in [3.05, 3.63) is 34.7 Å². The zero-order chi connectivity index (χ0) is 17.5. The lowest BCUT2D eigenvalue weighted by Crippen LogP contribution is -2.32. The van der Waals surface area contributed by atoms with Crippen molar-refractivity contribution in [2.45, 2.75) is 20.3 Å². The average molecular weight is 351 g/mol. The van der Waals surface area contributed by atoms with Crippen LogP contribution >= 0.6 is 11.3 Å². The number of aromatic nitrogens is 1. The van der Waals surface area contributed by atoms with Gasteiger partial charge in [-0.15, -0.1) is 11.3 Å². The monoisotopic (exact) mass is 351 g/mol. The van der Waals surface area contributed by atoms with E-state index in [4.69, 9.17) is 9.15 Å². The van der Waals surface area contributed by atoms with Crippen LogP contribution in [0, 0.1) is 6.92 Å². The highest BCUT2D eigenvalue weighted by molar-refractivity contribution is 7.13. The summed E-state index contributed by atoms with van der Waals surface area (Å²) in [5.74, 6) is -0.695. The Labute approximate surface area is 142 Å². The number of aryl methyl sites for hydroxylation is 1. The third-order valence-electron chi connectivity index (χ3n) is 2.94. The molecule has 0 spiro atoms. The van der Waals surface area contributed by atoms with Crippen LogP contribution in [-0.4, -0.2) is 35.9 Å². The normalized spacial score (nSPS) is 10.2. The summed E-state index contributed by atoms with van der Waals surface area (Å²) in [6.07, 6.45) is 1.46. The Kier molecular flexibility index (Phi) is 6.07. The van der Waals surface area contributed by atoms with Crippen LogP contribution in [0.5, 0.6) is 0 Å². The largest absolute Gasteiger partial charge is 0.469 e. The van der Waals surface area contributed by atoms with Crippen molar-refractivity contribution >= 4 is 34.3 Å². The second-order valence-corrected chi connectivity index (χ2v) is 5.61. The number of ether oxygens (including phenoxy) is 1. The number of carbonyl (C=O) groups is 3. The number of amides is 2. The van der Waals surface area contributed by atoms with Crippen molar-refractivity contribution in [2.75, 3.05) is 18.5 Å². The first-order chi connectivity index (χ1) is 11.5. The number of carbonyl (C=O) groups excluding carboxylic acids is 3. The van der Waals surface area contributed by atoms with Crippen molar-refractivity contribution in [3.63, 3.8) is 0 Å². The summed E-state index contributed by atoms with van der Waals surface area (Å²) in [7, 11) is 0. The minimum absolute atomic E-state index is 0.0523. The number of anilines is 1. The molecule has 24 heavy (non-hydrogen) atoms. The highest BCUT2D eigenvalue weighted by Crippen LogP contribution is 2.16. The van der Waals surface area contributed by atoms with Crippen LogP contribution in [0.3, 0.4) is 0 Å². The summed E-state index contributed by atoms with van der Waals surface area (Å²) in [6.45, 7) is 3.50. The molecule has 2 aromatic rings. The van der Waals surface area contributed by atoms with E-state index in [0.717, 1.165) is 0 Å². The molecule has 0 saturated carbocycles. The number of nitrogens with one attached hydrogen (secondary N) is 2. The predicted molar refractivity (Wildman–Crippen MR) is 86.9 cm³/mol. The molecule has 0 aliphatic heterocycles. The molecule has 0 aliphatic carbocycles. The van der Waals surface area contributed by atoms with Gasteiger partial charge in [0.2, 0.25) is 5.91 Å². The van der Waals surface area contributed by atoms with Crippen molar-refractivity contribution in [1.82, 2.24) is 10.3 Å². The number of furan rings is 1. The van der Waals surface area contributed by atoms with Crippen molar-refractivity contribution in [3.8, 4) is 0 Å². The number of thiazole rings is 1. The number of hydrogen-bond donors (Lipinski definition) is 2. The van der Waals surface area contributed by atoms with E-state index < -0.39 is 11.8 Å². The van der Waals surface area contributed by atoms with Gasteiger partial charge in [0, 0.05) is 5.38 Å². The molecule has 128 valence electrons. The van der Waals surface area contributed by atoms with Gasteiger partial charge in [0.1, 0.15) is 5.76 Å². The lowest BCUT2D eigenvalue weighted by atomic mass is 10.2. The van der Waals surface area contributed by atoms with Gasteiger partial charge < -0.3 is 19.8 Å². The van der Waals surface area contributed by atoms with Gasteiger partial charge in [0.15, 0.2) is 5.13 Å². The topological polar surface area (TPSA) is 111 Å². The molecule has 0 atom stereocenters. The lowest BCUT2D eigenvalue weighted by Gasteiger charge is -2.04. The van der Waals surface area contributed by atoms with Crippen molar-refractivity contribution < 1.29 is 23.5 Å². The first-order valence-corrected chi connectivity index (χ1v) is 8.09. The Bertz CT molecular complexity index is 737. The molecular formula is C15H17N3O5S. The molecular weight excluding hydrogens is 334 g/mol. The highest BCUT2D eigenvalue weighted by Gasteiger charge is 2.14. The maximum Gasteiger partial charge on any atom is 0.311 e. The van der Waals surface area contributed by atoms with Gasteiger partial charge in [-0.1, -0.05) is 0 Å². The van der Waals surface area contributed by atoms with Gasteiger partial charge >= 0.3 is 5.97 Å². The molecule has 2 N–H and O–H groups in total. The second-order valence-electron chi connectivity index (χ2n) is 4.75. The second kappa shape index (κ2) is 8.25. The summed E-state index contributed by atoms with van der Waals surface area (Å²) in [4.78, 5) is 39.2. The van der Waals surface area contributed by atoms with Crippen LogP contribution < -0.4 is 10.6 Å². The fraction of sp³-hybridized carbons (Fsp3) is 0.333. The third kappa shape index (κ3) is 4.92. The molecule has 0 fully saturated rings. The number of esters is 1. The SMILES string of the molecule is CCOC(=O)Cc1csc(NC(=O)CNC(=O)c2ccoc2C)n1. The Morgan fingerprint density at radius 3 is 2.83 bits per heavy atom. The minimum atomic E-state index is -0.415. The molecule has 0 unspecified atom stereocenters. The predicted octanol–water partition coefficient (Wildman–Crippen LogP) is 1.52. The Hall–Kier alpha value is -2.68. The van der Waals surface area contributed by atoms with Crippen LogP contribution in [0.15, 0.2) is 22.1 Å². The van der Waals surface area contributed by atoms with Gasteiger partial charge in [-0.3, -0.25) is 14.4 Å². The molecule has 0 saturated heterocycles. The van der Waals surface area contributed by atoms with Crippen LogP contribution in [0.2, 0.25) is 0 Å². The number of hydrogen-bond acceptors (Lipinski definition) is 7. The first-order valence-electron chi connectivity index (χ1n) is 7.21. The summed E-state index contributed by atoms with van der Waals surface area (Å²) in [5.41, 5.74) is 0.903. The van der Waals surface area contributed by atoms with Crippen LogP contribution in [0.1, 0.15) is 28.7 Å². The van der Waals surface area contributed by atoms with Gasteiger partial charge in [-0.2, -0.15) is 0 Å². The third-order valence-corrected chi connectivity index (χ3v) is 3.75. The standard InChI is InChI=1S/C15H17N3O5S/c1-3-22-13(20)6-10-8-24-15(17-10)18-12(19)7-16-14(21)11-4-5-23-9(11)2/h4-5,8H,3,6-7H2,1-2H3,(H,16,21)(H,17,18,19). The smallest absolute Gasteiger partial charge is 0.311 e. The molecule has 0 bridgehead atoms. The Balaban J connectivity index is 1.80. The average Bonchev–Trinajstić information content (AvgIpc) is 3.14. The molecule has 2 rings (SSSR count). The molecule has 0 aromatic carbocycles. The molecule has 2 amide bonds. The summed E-state index contributed by atoms with van der Waals surface area (Å²) in [5, 5.41) is 7.08. The number of rotatable bonds is 7. The molecule has 9 heteroatoms. The van der Waals surface area contributed by atoms with Gasteiger partial charge in [-0.25, -0.2) is 4.98 Å². The van der Waals surface area contributed by atoms with E-state index in [1.54, 1.807) is 19.2 Å². The van der Waals surface area contributed by atoms with E-state index in [2.05, 4.69) is 15.6 Å². The fourth-order valence-corrected chi connectivity index (χ4v) is 2.57. The van der Waals surface area contributed by atoms with E-state index in [1.165, 1.54) is 23.7 Å². The van der Waals surface area contributed by atoms with Crippen LogP contribution in [0.25, 0.3) is 0 Å².